The summed E-state index contributed by atoms with van der Waals surface area (Å²) < 4.78 is 1.04. The van der Waals surface area contributed by atoms with Crippen molar-refractivity contribution in [3.8, 4) is 0 Å². The quantitative estimate of drug-likeness (QED) is 0.812. The van der Waals surface area contributed by atoms with Crippen LogP contribution in [0.1, 0.15) is 23.2 Å². The van der Waals surface area contributed by atoms with Gasteiger partial charge in [-0.05, 0) is 65.8 Å². The molecule has 3 rings (SSSR count). The normalized spacial score (nSPS) is 14.2. The maximum absolute atomic E-state index is 12.1. The summed E-state index contributed by atoms with van der Waals surface area (Å²) in [5.41, 5.74) is 1.77. The molecule has 0 bridgehead atoms. The third-order valence-corrected chi connectivity index (χ3v) is 4.22. The smallest absolute Gasteiger partial charge is 0.256 e. The van der Waals surface area contributed by atoms with E-state index < -0.39 is 0 Å². The second-order valence-electron chi connectivity index (χ2n) is 5.06. The number of anilines is 2. The summed E-state index contributed by atoms with van der Waals surface area (Å²) in [7, 11) is 0. The number of carbonyl (C=O) groups is 1. The van der Waals surface area contributed by atoms with E-state index in [1.54, 1.807) is 6.07 Å². The zero-order valence-corrected chi connectivity index (χ0v) is 13.7. The van der Waals surface area contributed by atoms with Crippen molar-refractivity contribution in [3.05, 3.63) is 51.7 Å². The number of rotatable bonds is 3. The van der Waals surface area contributed by atoms with Gasteiger partial charge in [-0.25, -0.2) is 4.98 Å². The number of pyridine rings is 1. The van der Waals surface area contributed by atoms with Crippen LogP contribution in [0.15, 0.2) is 42.6 Å². The summed E-state index contributed by atoms with van der Waals surface area (Å²) in [6.45, 7) is 2.19. The molecule has 1 fully saturated rings. The molecule has 0 unspecified atom stereocenters. The predicted molar refractivity (Wildman–Crippen MR) is 92.8 cm³/mol. The van der Waals surface area contributed by atoms with Crippen LogP contribution in [0.4, 0.5) is 11.5 Å². The van der Waals surface area contributed by atoms with E-state index in [1.165, 1.54) is 12.8 Å². The first-order chi connectivity index (χ1) is 10.2. The number of aromatic nitrogens is 1. The average molecular weight is 393 g/mol. The largest absolute Gasteiger partial charge is 0.370 e. The molecule has 0 radical (unpaired) electrons. The van der Waals surface area contributed by atoms with Gasteiger partial charge in [-0.15, -0.1) is 0 Å². The molecule has 1 aliphatic rings. The fourth-order valence-electron chi connectivity index (χ4n) is 2.44. The lowest BCUT2D eigenvalue weighted by atomic mass is 10.2. The van der Waals surface area contributed by atoms with Gasteiger partial charge in [0, 0.05) is 22.2 Å². The van der Waals surface area contributed by atoms with Gasteiger partial charge in [-0.1, -0.05) is 6.07 Å². The summed E-state index contributed by atoms with van der Waals surface area (Å²) in [5.74, 6) is 0.455. The van der Waals surface area contributed by atoms with Gasteiger partial charge in [-0.3, -0.25) is 4.79 Å². The van der Waals surface area contributed by atoms with Crippen LogP contribution in [0.3, 0.4) is 0 Å². The first kappa shape index (κ1) is 14.3. The lowest BCUT2D eigenvalue weighted by Crippen LogP contribution is -2.18. The lowest BCUT2D eigenvalue weighted by molar-refractivity contribution is 0.102. The van der Waals surface area contributed by atoms with Crippen molar-refractivity contribution in [1.29, 1.82) is 0 Å². The van der Waals surface area contributed by atoms with Crippen LogP contribution in [0.2, 0.25) is 0 Å². The highest BCUT2D eigenvalue weighted by molar-refractivity contribution is 14.1. The fourth-order valence-corrected chi connectivity index (χ4v) is 2.98. The van der Waals surface area contributed by atoms with E-state index in [2.05, 4.69) is 37.8 Å². The number of carbonyl (C=O) groups excluding carboxylic acids is 1. The summed E-state index contributed by atoms with van der Waals surface area (Å²) in [4.78, 5) is 18.8. The Labute approximate surface area is 137 Å². The minimum atomic E-state index is -0.130. The predicted octanol–water partition coefficient (Wildman–Crippen LogP) is 3.54. The summed E-state index contributed by atoms with van der Waals surface area (Å²) >= 11 is 2.19. The van der Waals surface area contributed by atoms with Crippen molar-refractivity contribution in [2.45, 2.75) is 12.8 Å². The minimum Gasteiger partial charge on any atom is -0.370 e. The Morgan fingerprint density at radius 2 is 2.00 bits per heavy atom. The van der Waals surface area contributed by atoms with Crippen LogP contribution in [0.25, 0.3) is 0 Å². The Morgan fingerprint density at radius 1 is 1.19 bits per heavy atom. The Balaban J connectivity index is 1.68. The number of nitrogens with zero attached hydrogens (tertiary/aromatic N) is 2. The molecule has 0 atom stereocenters. The lowest BCUT2D eigenvalue weighted by Gasteiger charge is -2.17. The van der Waals surface area contributed by atoms with E-state index in [1.807, 2.05) is 36.5 Å². The van der Waals surface area contributed by atoms with Crippen LogP contribution < -0.4 is 10.2 Å². The molecule has 1 aliphatic heterocycles. The fraction of sp³-hybridized carbons (Fsp3) is 0.250. The Hall–Kier alpha value is -1.63. The summed E-state index contributed by atoms with van der Waals surface area (Å²) in [6.07, 6.45) is 4.31. The number of amides is 1. The van der Waals surface area contributed by atoms with E-state index in [-0.39, 0.29) is 5.91 Å². The van der Waals surface area contributed by atoms with Crippen LogP contribution in [-0.4, -0.2) is 24.0 Å². The third kappa shape index (κ3) is 3.53. The molecule has 108 valence electrons. The highest BCUT2D eigenvalue weighted by Crippen LogP contribution is 2.20. The maximum Gasteiger partial charge on any atom is 0.256 e. The van der Waals surface area contributed by atoms with Gasteiger partial charge in [0.05, 0.1) is 11.9 Å². The molecule has 0 spiro atoms. The van der Waals surface area contributed by atoms with Gasteiger partial charge in [0.2, 0.25) is 0 Å². The molecule has 1 aromatic heterocycles. The SMILES string of the molecule is O=C(Nc1ccc(N2CCCC2)cn1)c1cccc(I)c1. The van der Waals surface area contributed by atoms with Gasteiger partial charge in [0.15, 0.2) is 0 Å². The molecule has 2 aromatic rings. The Bertz CT molecular complexity index is 636. The van der Waals surface area contributed by atoms with E-state index in [0.717, 1.165) is 22.3 Å². The van der Waals surface area contributed by atoms with E-state index >= 15 is 0 Å². The van der Waals surface area contributed by atoms with Crippen LogP contribution in [0.5, 0.6) is 0 Å². The van der Waals surface area contributed by atoms with E-state index in [4.69, 9.17) is 0 Å². The monoisotopic (exact) mass is 393 g/mol. The number of hydrogen-bond acceptors (Lipinski definition) is 3. The molecule has 1 N–H and O–H groups in total. The molecule has 1 aromatic carbocycles. The highest BCUT2D eigenvalue weighted by atomic mass is 127. The molecule has 0 saturated carbocycles. The molecular weight excluding hydrogens is 377 g/mol. The Kier molecular flexibility index (Phi) is 4.38. The topological polar surface area (TPSA) is 45.2 Å². The zero-order chi connectivity index (χ0) is 14.7. The first-order valence-corrected chi connectivity index (χ1v) is 8.08. The van der Waals surface area contributed by atoms with Gasteiger partial charge in [0.1, 0.15) is 5.82 Å². The van der Waals surface area contributed by atoms with Crippen molar-refractivity contribution in [3.63, 3.8) is 0 Å². The van der Waals surface area contributed by atoms with Crippen molar-refractivity contribution < 1.29 is 4.79 Å². The van der Waals surface area contributed by atoms with Gasteiger partial charge in [-0.2, -0.15) is 0 Å². The summed E-state index contributed by atoms with van der Waals surface area (Å²) in [5, 5.41) is 2.83. The second kappa shape index (κ2) is 6.43. The molecule has 5 heteroatoms. The molecule has 2 heterocycles. The van der Waals surface area contributed by atoms with Crippen LogP contribution in [0, 0.1) is 3.57 Å². The van der Waals surface area contributed by atoms with E-state index in [0.29, 0.717) is 11.4 Å². The van der Waals surface area contributed by atoms with E-state index in [9.17, 15) is 4.79 Å². The number of halogens is 1. The van der Waals surface area contributed by atoms with Crippen molar-refractivity contribution in [2.24, 2.45) is 0 Å². The van der Waals surface area contributed by atoms with Crippen LogP contribution >= 0.6 is 22.6 Å². The van der Waals surface area contributed by atoms with Gasteiger partial charge in [0.25, 0.3) is 5.91 Å². The molecule has 1 saturated heterocycles. The maximum atomic E-state index is 12.1. The molecular formula is C16H16IN3O. The second-order valence-corrected chi connectivity index (χ2v) is 6.31. The molecule has 21 heavy (non-hydrogen) atoms. The minimum absolute atomic E-state index is 0.130. The first-order valence-electron chi connectivity index (χ1n) is 7.00. The van der Waals surface area contributed by atoms with Gasteiger partial charge < -0.3 is 10.2 Å². The molecule has 0 aliphatic carbocycles. The van der Waals surface area contributed by atoms with Crippen molar-refractivity contribution in [1.82, 2.24) is 4.98 Å². The summed E-state index contributed by atoms with van der Waals surface area (Å²) in [6, 6.07) is 11.4. The molecule has 1 amide bonds. The third-order valence-electron chi connectivity index (χ3n) is 3.55. The Morgan fingerprint density at radius 3 is 2.67 bits per heavy atom. The van der Waals surface area contributed by atoms with Crippen LogP contribution in [-0.2, 0) is 0 Å². The van der Waals surface area contributed by atoms with Crippen molar-refractivity contribution >= 4 is 40.0 Å². The van der Waals surface area contributed by atoms with Crippen molar-refractivity contribution in [2.75, 3.05) is 23.3 Å². The average Bonchev–Trinajstić information content (AvgIpc) is 3.02. The zero-order valence-electron chi connectivity index (χ0n) is 11.6. The number of nitrogens with one attached hydrogen (secondary N) is 1. The number of hydrogen-bond donors (Lipinski definition) is 1. The highest BCUT2D eigenvalue weighted by Gasteiger charge is 2.13. The number of benzene rings is 1. The van der Waals surface area contributed by atoms with Gasteiger partial charge >= 0.3 is 0 Å². The standard InChI is InChI=1S/C16H16IN3O/c17-13-5-3-4-12(10-13)16(21)19-15-7-6-14(11-18-15)20-8-1-2-9-20/h3-7,10-11H,1-2,8-9H2,(H,18,19,21). The molecule has 4 nitrogen and oxygen atoms in total.